The van der Waals surface area contributed by atoms with Crippen molar-refractivity contribution in [3.05, 3.63) is 58.4 Å². The highest BCUT2D eigenvalue weighted by Crippen LogP contribution is 2.40. The van der Waals surface area contributed by atoms with Gasteiger partial charge in [0.2, 0.25) is 0 Å². The maximum absolute atomic E-state index is 13.3. The third kappa shape index (κ3) is 2.28. The molecule has 1 aliphatic rings. The number of benzene rings is 2. The second kappa shape index (κ2) is 5.03. The minimum absolute atomic E-state index is 0.230. The van der Waals surface area contributed by atoms with Crippen molar-refractivity contribution >= 4 is 17.3 Å². The van der Waals surface area contributed by atoms with Crippen molar-refractivity contribution < 1.29 is 9.13 Å². The monoisotopic (exact) mass is 288 g/mol. The number of fused-ring (bicyclic) bond motifs is 1. The van der Waals surface area contributed by atoms with Crippen LogP contribution in [0.25, 0.3) is 0 Å². The average molecular weight is 289 g/mol. The van der Waals surface area contributed by atoms with Crippen LogP contribution in [-0.2, 0) is 0 Å². The van der Waals surface area contributed by atoms with E-state index < -0.39 is 5.82 Å². The summed E-state index contributed by atoms with van der Waals surface area (Å²) in [5.41, 5.74) is 1.99. The third-order valence-electron chi connectivity index (χ3n) is 3.13. The van der Waals surface area contributed by atoms with Crippen LogP contribution in [-0.4, -0.2) is 6.54 Å². The number of anilines is 1. The van der Waals surface area contributed by atoms with Gasteiger partial charge in [0.1, 0.15) is 11.9 Å². The van der Waals surface area contributed by atoms with Crippen LogP contribution >= 0.6 is 11.6 Å². The summed E-state index contributed by atoms with van der Waals surface area (Å²) in [4.78, 5) is 0. The number of halogens is 2. The fraction of sp³-hybridized carbons (Fsp3) is 0.133. The zero-order valence-electron chi connectivity index (χ0n) is 10.4. The minimum Gasteiger partial charge on any atom is -0.480 e. The second-order valence-corrected chi connectivity index (χ2v) is 4.90. The van der Waals surface area contributed by atoms with Crippen LogP contribution in [0.4, 0.5) is 10.1 Å². The average Bonchev–Trinajstić information content (AvgIpc) is 2.47. The zero-order valence-corrected chi connectivity index (χ0v) is 11.1. The van der Waals surface area contributed by atoms with Gasteiger partial charge in [-0.05, 0) is 23.8 Å². The molecule has 0 saturated carbocycles. The van der Waals surface area contributed by atoms with E-state index in [1.807, 2.05) is 6.07 Å². The first-order valence-electron chi connectivity index (χ1n) is 6.07. The molecule has 100 valence electrons. The highest BCUT2D eigenvalue weighted by atomic mass is 35.5. The number of nitrogens with zero attached hydrogens (tertiary/aromatic N) is 1. The Hall–Kier alpha value is -2.25. The molecule has 0 radical (unpaired) electrons. The molecule has 1 heterocycles. The summed E-state index contributed by atoms with van der Waals surface area (Å²) in [6.07, 6.45) is -0.265. The minimum atomic E-state index is -0.408. The molecular formula is C15H10ClFN2O. The second-order valence-electron chi connectivity index (χ2n) is 4.49. The van der Waals surface area contributed by atoms with Crippen LogP contribution in [0, 0.1) is 17.1 Å². The van der Waals surface area contributed by atoms with Gasteiger partial charge in [0, 0.05) is 6.07 Å². The molecule has 0 bridgehead atoms. The van der Waals surface area contributed by atoms with Crippen LogP contribution in [0.1, 0.15) is 17.2 Å². The Bertz CT molecular complexity index is 712. The van der Waals surface area contributed by atoms with Crippen LogP contribution in [0.5, 0.6) is 5.75 Å². The first-order chi connectivity index (χ1) is 9.67. The van der Waals surface area contributed by atoms with E-state index in [-0.39, 0.29) is 11.1 Å². The molecular weight excluding hydrogens is 279 g/mol. The van der Waals surface area contributed by atoms with E-state index in [4.69, 9.17) is 21.6 Å². The summed E-state index contributed by atoms with van der Waals surface area (Å²) >= 11 is 6.00. The summed E-state index contributed by atoms with van der Waals surface area (Å²) in [6, 6.07) is 11.9. The summed E-state index contributed by atoms with van der Waals surface area (Å²) in [5, 5.41) is 12.3. The number of rotatable bonds is 1. The van der Waals surface area contributed by atoms with E-state index in [2.05, 4.69) is 11.4 Å². The standard InChI is InChI=1S/C15H10ClFN2O/c16-12-5-11(17)6-13-15(12)20-14(8-19-13)10-3-1-2-9(4-10)7-18/h1-6,14,19H,8H2. The lowest BCUT2D eigenvalue weighted by atomic mass is 10.0. The number of hydrogen-bond donors (Lipinski definition) is 1. The summed E-state index contributed by atoms with van der Waals surface area (Å²) in [6.45, 7) is 0.488. The first kappa shape index (κ1) is 12.8. The lowest BCUT2D eigenvalue weighted by molar-refractivity contribution is 0.210. The predicted octanol–water partition coefficient (Wildman–Crippen LogP) is 3.90. The molecule has 1 aliphatic heterocycles. The van der Waals surface area contributed by atoms with Crippen LogP contribution in [0.2, 0.25) is 5.02 Å². The van der Waals surface area contributed by atoms with Crippen LogP contribution in [0.15, 0.2) is 36.4 Å². The summed E-state index contributed by atoms with van der Waals surface area (Å²) in [7, 11) is 0. The van der Waals surface area contributed by atoms with Gasteiger partial charge in [0.05, 0.1) is 28.9 Å². The smallest absolute Gasteiger partial charge is 0.162 e. The largest absolute Gasteiger partial charge is 0.480 e. The molecule has 3 rings (SSSR count). The molecule has 5 heteroatoms. The van der Waals surface area contributed by atoms with Crippen molar-refractivity contribution in [1.29, 1.82) is 5.26 Å². The summed E-state index contributed by atoms with van der Waals surface area (Å²) in [5.74, 6) is 0.0291. The Balaban J connectivity index is 1.94. The Morgan fingerprint density at radius 1 is 1.35 bits per heavy atom. The van der Waals surface area contributed by atoms with E-state index in [1.54, 1.807) is 18.2 Å². The molecule has 1 unspecified atom stereocenters. The Morgan fingerprint density at radius 3 is 3.00 bits per heavy atom. The Kier molecular flexibility index (Phi) is 3.21. The van der Waals surface area contributed by atoms with E-state index in [0.29, 0.717) is 23.5 Å². The van der Waals surface area contributed by atoms with Crippen molar-refractivity contribution in [2.45, 2.75) is 6.10 Å². The van der Waals surface area contributed by atoms with Gasteiger partial charge < -0.3 is 10.1 Å². The zero-order chi connectivity index (χ0) is 14.1. The van der Waals surface area contributed by atoms with Gasteiger partial charge in [0.15, 0.2) is 5.75 Å². The molecule has 2 aromatic carbocycles. The van der Waals surface area contributed by atoms with Crippen molar-refractivity contribution in [1.82, 2.24) is 0 Å². The van der Waals surface area contributed by atoms with Gasteiger partial charge in [-0.2, -0.15) is 5.26 Å². The Labute approximate surface area is 120 Å². The van der Waals surface area contributed by atoms with Crippen molar-refractivity contribution in [3.8, 4) is 11.8 Å². The van der Waals surface area contributed by atoms with Crippen molar-refractivity contribution in [2.75, 3.05) is 11.9 Å². The number of ether oxygens (including phenoxy) is 1. The highest BCUT2D eigenvalue weighted by Gasteiger charge is 2.24. The molecule has 1 atom stereocenters. The molecule has 20 heavy (non-hydrogen) atoms. The highest BCUT2D eigenvalue weighted by molar-refractivity contribution is 6.32. The third-order valence-corrected chi connectivity index (χ3v) is 3.41. The maximum atomic E-state index is 13.3. The SMILES string of the molecule is N#Cc1cccc(C2CNc3cc(F)cc(Cl)c3O2)c1. The molecule has 0 spiro atoms. The number of nitriles is 1. The molecule has 0 fully saturated rings. The number of nitrogens with one attached hydrogen (secondary N) is 1. The van der Waals surface area contributed by atoms with Gasteiger partial charge >= 0.3 is 0 Å². The fourth-order valence-electron chi connectivity index (χ4n) is 2.19. The van der Waals surface area contributed by atoms with Gasteiger partial charge in [-0.15, -0.1) is 0 Å². The van der Waals surface area contributed by atoms with Gasteiger partial charge in [-0.1, -0.05) is 23.7 Å². The van der Waals surface area contributed by atoms with E-state index in [1.165, 1.54) is 12.1 Å². The van der Waals surface area contributed by atoms with Crippen molar-refractivity contribution in [3.63, 3.8) is 0 Å². The van der Waals surface area contributed by atoms with Crippen LogP contribution < -0.4 is 10.1 Å². The topological polar surface area (TPSA) is 45.0 Å². The van der Waals surface area contributed by atoms with E-state index in [0.717, 1.165) is 5.56 Å². The van der Waals surface area contributed by atoms with Gasteiger partial charge in [-0.3, -0.25) is 0 Å². The molecule has 0 amide bonds. The fourth-order valence-corrected chi connectivity index (χ4v) is 2.44. The normalized spacial score (nSPS) is 16.6. The van der Waals surface area contributed by atoms with Crippen LogP contribution in [0.3, 0.4) is 0 Å². The molecule has 2 aromatic rings. The first-order valence-corrected chi connectivity index (χ1v) is 6.45. The van der Waals surface area contributed by atoms with Crippen molar-refractivity contribution in [2.24, 2.45) is 0 Å². The molecule has 0 aromatic heterocycles. The van der Waals surface area contributed by atoms with Gasteiger partial charge in [0.25, 0.3) is 0 Å². The predicted molar refractivity (Wildman–Crippen MR) is 74.4 cm³/mol. The molecule has 0 aliphatic carbocycles. The number of hydrogen-bond acceptors (Lipinski definition) is 3. The van der Waals surface area contributed by atoms with Gasteiger partial charge in [-0.25, -0.2) is 4.39 Å². The van der Waals surface area contributed by atoms with E-state index >= 15 is 0 Å². The lowest BCUT2D eigenvalue weighted by Gasteiger charge is -2.28. The summed E-state index contributed by atoms with van der Waals surface area (Å²) < 4.78 is 19.1. The molecule has 3 nitrogen and oxygen atoms in total. The molecule has 0 saturated heterocycles. The van der Waals surface area contributed by atoms with E-state index in [9.17, 15) is 4.39 Å². The lowest BCUT2D eigenvalue weighted by Crippen LogP contribution is -2.24. The Morgan fingerprint density at radius 2 is 2.20 bits per heavy atom. The maximum Gasteiger partial charge on any atom is 0.162 e. The molecule has 1 N–H and O–H groups in total. The quantitative estimate of drug-likeness (QED) is 0.865.